The smallest absolute Gasteiger partial charge is 0.223 e. The molecular weight excluding hydrogens is 368 g/mol. The number of para-hydroxylation sites is 1. The van der Waals surface area contributed by atoms with Crippen LogP contribution >= 0.6 is 0 Å². The summed E-state index contributed by atoms with van der Waals surface area (Å²) in [6, 6.07) is 9.04. The molecule has 0 aromatic heterocycles. The number of hydrogen-bond acceptors (Lipinski definition) is 5. The van der Waals surface area contributed by atoms with Crippen LogP contribution in [0.25, 0.3) is 0 Å². The van der Waals surface area contributed by atoms with Gasteiger partial charge in [0.1, 0.15) is 12.4 Å². The first kappa shape index (κ1) is 21.7. The number of benzene rings is 1. The van der Waals surface area contributed by atoms with Crippen molar-refractivity contribution < 1.29 is 22.7 Å². The van der Waals surface area contributed by atoms with E-state index in [1.165, 1.54) is 0 Å². The van der Waals surface area contributed by atoms with Gasteiger partial charge in [-0.3, -0.25) is 4.79 Å². The molecule has 0 unspecified atom stereocenters. The number of carbonyl (C=O) groups excluding carboxylic acids is 1. The van der Waals surface area contributed by atoms with Crippen LogP contribution in [0.15, 0.2) is 30.3 Å². The second-order valence-electron chi connectivity index (χ2n) is 6.87. The van der Waals surface area contributed by atoms with Gasteiger partial charge < -0.3 is 14.8 Å². The van der Waals surface area contributed by atoms with E-state index in [0.717, 1.165) is 18.4 Å². The number of sulfonamides is 1. The molecule has 0 aliphatic heterocycles. The molecule has 1 fully saturated rings. The second-order valence-corrected chi connectivity index (χ2v) is 8.65. The van der Waals surface area contributed by atoms with E-state index in [4.69, 9.17) is 9.47 Å². The van der Waals surface area contributed by atoms with Crippen molar-refractivity contribution in [3.63, 3.8) is 0 Å². The van der Waals surface area contributed by atoms with Gasteiger partial charge in [-0.05, 0) is 37.8 Å². The highest BCUT2D eigenvalue weighted by Gasteiger charge is 2.35. The predicted molar refractivity (Wildman–Crippen MR) is 104 cm³/mol. The molecule has 0 heterocycles. The van der Waals surface area contributed by atoms with Gasteiger partial charge in [0.25, 0.3) is 0 Å². The van der Waals surface area contributed by atoms with Gasteiger partial charge in [0.2, 0.25) is 15.9 Å². The van der Waals surface area contributed by atoms with Gasteiger partial charge in [-0.25, -0.2) is 13.1 Å². The quantitative estimate of drug-likeness (QED) is 0.585. The van der Waals surface area contributed by atoms with E-state index in [0.29, 0.717) is 39.0 Å². The van der Waals surface area contributed by atoms with Crippen LogP contribution in [-0.4, -0.2) is 52.5 Å². The second kappa shape index (κ2) is 10.6. The van der Waals surface area contributed by atoms with Crippen LogP contribution in [0.4, 0.5) is 0 Å². The topological polar surface area (TPSA) is 93.7 Å². The summed E-state index contributed by atoms with van der Waals surface area (Å²) in [4.78, 5) is 12.5. The summed E-state index contributed by atoms with van der Waals surface area (Å²) in [7, 11) is -3.36. The van der Waals surface area contributed by atoms with Gasteiger partial charge >= 0.3 is 0 Å². The molecule has 27 heavy (non-hydrogen) atoms. The lowest BCUT2D eigenvalue weighted by atomic mass is 9.83. The Morgan fingerprint density at radius 3 is 2.59 bits per heavy atom. The van der Waals surface area contributed by atoms with Crippen LogP contribution in [0.5, 0.6) is 5.75 Å². The fourth-order valence-corrected chi connectivity index (χ4v) is 4.05. The first-order valence-electron chi connectivity index (χ1n) is 9.43. The summed E-state index contributed by atoms with van der Waals surface area (Å²) in [5.74, 6) is 0.459. The highest BCUT2D eigenvalue weighted by Crippen LogP contribution is 2.27. The maximum atomic E-state index is 12.5. The van der Waals surface area contributed by atoms with Crippen LogP contribution in [0, 0.1) is 5.92 Å². The number of hydrogen-bond donors (Lipinski definition) is 2. The van der Waals surface area contributed by atoms with E-state index in [1.807, 2.05) is 37.3 Å². The largest absolute Gasteiger partial charge is 0.492 e. The van der Waals surface area contributed by atoms with E-state index in [2.05, 4.69) is 10.0 Å². The molecule has 0 bridgehead atoms. The first-order chi connectivity index (χ1) is 12.9. The molecule has 0 radical (unpaired) electrons. The summed E-state index contributed by atoms with van der Waals surface area (Å²) in [5, 5.41) is 2.88. The fourth-order valence-electron chi connectivity index (χ4n) is 3.25. The van der Waals surface area contributed by atoms with E-state index in [1.54, 1.807) is 0 Å². The van der Waals surface area contributed by atoms with Crippen LogP contribution in [0.1, 0.15) is 32.6 Å². The summed E-state index contributed by atoms with van der Waals surface area (Å²) < 4.78 is 37.3. The summed E-state index contributed by atoms with van der Waals surface area (Å²) in [6.07, 6.45) is 3.59. The van der Waals surface area contributed by atoms with E-state index < -0.39 is 10.0 Å². The molecule has 0 spiro atoms. The maximum absolute atomic E-state index is 12.5. The SMILES string of the molecule is CCCO[C@@H]1CC[C@H](C(=O)NCCOc2ccccc2)C[C@H]1NS(C)(=O)=O. The molecule has 1 aromatic carbocycles. The molecule has 1 saturated carbocycles. The Morgan fingerprint density at radius 2 is 1.93 bits per heavy atom. The van der Waals surface area contributed by atoms with Gasteiger partial charge in [0.15, 0.2) is 0 Å². The maximum Gasteiger partial charge on any atom is 0.223 e. The summed E-state index contributed by atoms with van der Waals surface area (Å²) in [5.41, 5.74) is 0. The lowest BCUT2D eigenvalue weighted by Crippen LogP contribution is -2.50. The summed E-state index contributed by atoms with van der Waals surface area (Å²) in [6.45, 7) is 3.38. The zero-order valence-electron chi connectivity index (χ0n) is 16.0. The zero-order valence-corrected chi connectivity index (χ0v) is 16.8. The third-order valence-corrected chi connectivity index (χ3v) is 5.20. The van der Waals surface area contributed by atoms with Crippen molar-refractivity contribution in [2.24, 2.45) is 5.92 Å². The minimum atomic E-state index is -3.36. The molecule has 8 heteroatoms. The van der Waals surface area contributed by atoms with Crippen LogP contribution < -0.4 is 14.8 Å². The Balaban J connectivity index is 1.81. The van der Waals surface area contributed by atoms with Crippen LogP contribution in [0.2, 0.25) is 0 Å². The van der Waals surface area contributed by atoms with Crippen molar-refractivity contribution in [3.8, 4) is 5.75 Å². The van der Waals surface area contributed by atoms with Gasteiger partial charge in [-0.15, -0.1) is 0 Å². The molecular formula is C19H30N2O5S. The van der Waals surface area contributed by atoms with Gasteiger partial charge in [0, 0.05) is 18.6 Å². The van der Waals surface area contributed by atoms with Crippen LogP contribution in [0.3, 0.4) is 0 Å². The number of amides is 1. The lowest BCUT2D eigenvalue weighted by molar-refractivity contribution is -0.127. The lowest BCUT2D eigenvalue weighted by Gasteiger charge is -2.35. The molecule has 1 aromatic rings. The molecule has 3 atom stereocenters. The van der Waals surface area contributed by atoms with E-state index in [9.17, 15) is 13.2 Å². The Kier molecular flexibility index (Phi) is 8.53. The van der Waals surface area contributed by atoms with Crippen molar-refractivity contribution in [2.75, 3.05) is 26.0 Å². The van der Waals surface area contributed by atoms with Crippen LogP contribution in [-0.2, 0) is 19.6 Å². The molecule has 1 amide bonds. The van der Waals surface area contributed by atoms with Crippen molar-refractivity contribution in [3.05, 3.63) is 30.3 Å². The standard InChI is InChI=1S/C19H30N2O5S/c1-3-12-26-18-10-9-15(14-17(18)21-27(2,23)24)19(22)20-11-13-25-16-7-5-4-6-8-16/h4-8,15,17-18,21H,3,9-14H2,1-2H3,(H,20,22)/t15-,17+,18+/m0/s1. The highest BCUT2D eigenvalue weighted by molar-refractivity contribution is 7.88. The first-order valence-corrected chi connectivity index (χ1v) is 11.3. The molecule has 7 nitrogen and oxygen atoms in total. The predicted octanol–water partition coefficient (Wildman–Crippen LogP) is 1.69. The van der Waals surface area contributed by atoms with Crippen molar-refractivity contribution >= 4 is 15.9 Å². The van der Waals surface area contributed by atoms with Gasteiger partial charge in [-0.2, -0.15) is 0 Å². The van der Waals surface area contributed by atoms with Gasteiger partial charge in [-0.1, -0.05) is 25.1 Å². The van der Waals surface area contributed by atoms with E-state index in [-0.39, 0.29) is 24.0 Å². The normalized spacial score (nSPS) is 23.0. The van der Waals surface area contributed by atoms with E-state index >= 15 is 0 Å². The molecule has 0 saturated heterocycles. The molecule has 2 rings (SSSR count). The minimum Gasteiger partial charge on any atom is -0.492 e. The third-order valence-electron chi connectivity index (χ3n) is 4.47. The molecule has 2 N–H and O–H groups in total. The molecule has 152 valence electrons. The number of ether oxygens (including phenoxy) is 2. The number of rotatable bonds is 10. The monoisotopic (exact) mass is 398 g/mol. The summed E-state index contributed by atoms with van der Waals surface area (Å²) >= 11 is 0. The van der Waals surface area contributed by atoms with Crippen molar-refractivity contribution in [2.45, 2.75) is 44.8 Å². The van der Waals surface area contributed by atoms with Crippen molar-refractivity contribution in [1.29, 1.82) is 0 Å². The third kappa shape index (κ3) is 7.86. The Morgan fingerprint density at radius 1 is 1.19 bits per heavy atom. The fraction of sp³-hybridized carbons (Fsp3) is 0.632. The minimum absolute atomic E-state index is 0.0686. The molecule has 1 aliphatic carbocycles. The average Bonchev–Trinajstić information content (AvgIpc) is 2.63. The van der Waals surface area contributed by atoms with Gasteiger partial charge in [0.05, 0.1) is 18.9 Å². The Labute approximate surface area is 161 Å². The Bertz CT molecular complexity index is 681. The number of nitrogens with one attached hydrogen (secondary N) is 2. The van der Waals surface area contributed by atoms with Crippen molar-refractivity contribution in [1.82, 2.24) is 10.0 Å². The average molecular weight is 399 g/mol. The number of carbonyl (C=O) groups is 1. The molecule has 1 aliphatic rings. The Hall–Kier alpha value is -1.64. The zero-order chi connectivity index (χ0) is 19.7. The highest BCUT2D eigenvalue weighted by atomic mass is 32.2.